The summed E-state index contributed by atoms with van der Waals surface area (Å²) in [6.07, 6.45) is 0. The van der Waals surface area contributed by atoms with Crippen molar-refractivity contribution in [1.82, 2.24) is 0 Å². The van der Waals surface area contributed by atoms with Crippen molar-refractivity contribution in [3.05, 3.63) is 102 Å². The van der Waals surface area contributed by atoms with Gasteiger partial charge < -0.3 is 9.64 Å². The summed E-state index contributed by atoms with van der Waals surface area (Å²) in [4.78, 5) is 28.0. The topological polar surface area (TPSA) is 46.6 Å². The zero-order valence-corrected chi connectivity index (χ0v) is 17.4. The number of rotatable bonds is 4. The van der Waals surface area contributed by atoms with Crippen LogP contribution in [0.5, 0.6) is 0 Å². The molecule has 2 atom stereocenters. The van der Waals surface area contributed by atoms with Crippen molar-refractivity contribution in [1.29, 1.82) is 0 Å². The Morgan fingerprint density at radius 3 is 2.13 bits per heavy atom. The minimum Gasteiger partial charge on any atom is -0.468 e. The maximum Gasteiger partial charge on any atom is 0.329 e. The number of carbonyl (C=O) groups is 2. The molecule has 1 heterocycles. The highest BCUT2D eigenvalue weighted by Crippen LogP contribution is 2.54. The summed E-state index contributed by atoms with van der Waals surface area (Å²) in [6.45, 7) is 0. The van der Waals surface area contributed by atoms with E-state index in [2.05, 4.69) is 0 Å². The van der Waals surface area contributed by atoms with Gasteiger partial charge in [-0.1, -0.05) is 42.5 Å². The largest absolute Gasteiger partial charge is 0.468 e. The van der Waals surface area contributed by atoms with Crippen LogP contribution in [-0.4, -0.2) is 24.7 Å². The predicted octanol–water partition coefficient (Wildman–Crippen LogP) is 4.85. The second-order valence-electron chi connectivity index (χ2n) is 7.08. The van der Waals surface area contributed by atoms with Gasteiger partial charge in [-0.25, -0.2) is 8.78 Å². The highest BCUT2D eigenvalue weighted by molar-refractivity contribution is 8.01. The average molecular weight is 439 g/mol. The summed E-state index contributed by atoms with van der Waals surface area (Å²) in [5.41, 5.74) is 1.64. The van der Waals surface area contributed by atoms with E-state index in [-0.39, 0.29) is 11.7 Å². The molecule has 0 bridgehead atoms. The molecule has 3 aromatic carbocycles. The van der Waals surface area contributed by atoms with Crippen LogP contribution in [0.1, 0.15) is 17.2 Å². The number of esters is 1. The Hall–Kier alpha value is -3.19. The number of halogens is 2. The van der Waals surface area contributed by atoms with Crippen LogP contribution in [0.15, 0.2) is 78.9 Å². The Morgan fingerprint density at radius 2 is 1.55 bits per heavy atom. The zero-order valence-electron chi connectivity index (χ0n) is 16.6. The average Bonchev–Trinajstić information content (AvgIpc) is 2.80. The molecule has 0 radical (unpaired) electrons. The van der Waals surface area contributed by atoms with Crippen molar-refractivity contribution in [2.24, 2.45) is 0 Å². The van der Waals surface area contributed by atoms with Gasteiger partial charge in [-0.2, -0.15) is 0 Å². The minimum atomic E-state index is -1.31. The normalized spacial score (nSPS) is 21.1. The van der Waals surface area contributed by atoms with Crippen molar-refractivity contribution in [3.63, 3.8) is 0 Å². The van der Waals surface area contributed by atoms with E-state index >= 15 is 0 Å². The molecule has 31 heavy (non-hydrogen) atoms. The van der Waals surface area contributed by atoms with Crippen molar-refractivity contribution >= 4 is 29.3 Å². The molecule has 0 unspecified atom stereocenters. The lowest BCUT2D eigenvalue weighted by atomic mass is 9.84. The Labute approximate surface area is 182 Å². The predicted molar refractivity (Wildman–Crippen MR) is 116 cm³/mol. The van der Waals surface area contributed by atoms with Crippen LogP contribution in [0, 0.1) is 11.6 Å². The number of ether oxygens (including phenoxy) is 1. The van der Waals surface area contributed by atoms with Crippen LogP contribution in [-0.2, 0) is 19.1 Å². The Balaban J connectivity index is 2.00. The van der Waals surface area contributed by atoms with Gasteiger partial charge in [-0.15, -0.1) is 11.8 Å². The lowest BCUT2D eigenvalue weighted by molar-refractivity contribution is -0.144. The van der Waals surface area contributed by atoms with E-state index in [1.54, 1.807) is 36.4 Å². The quantitative estimate of drug-likeness (QED) is 0.545. The molecule has 3 aromatic rings. The molecule has 0 aliphatic carbocycles. The molecule has 0 aromatic heterocycles. The van der Waals surface area contributed by atoms with Gasteiger partial charge in [0.05, 0.1) is 18.9 Å². The summed E-state index contributed by atoms with van der Waals surface area (Å²) in [5.74, 6) is -1.64. The van der Waals surface area contributed by atoms with E-state index in [1.165, 1.54) is 60.2 Å². The first kappa shape index (κ1) is 21.1. The van der Waals surface area contributed by atoms with Gasteiger partial charge >= 0.3 is 5.97 Å². The van der Waals surface area contributed by atoms with Crippen molar-refractivity contribution in [3.8, 4) is 0 Å². The van der Waals surface area contributed by atoms with Crippen molar-refractivity contribution in [2.75, 3.05) is 17.8 Å². The van der Waals surface area contributed by atoms with Gasteiger partial charge in [0.2, 0.25) is 5.91 Å². The zero-order chi connectivity index (χ0) is 22.0. The van der Waals surface area contributed by atoms with Gasteiger partial charge in [0, 0.05) is 5.69 Å². The summed E-state index contributed by atoms with van der Waals surface area (Å²) >= 11 is 1.18. The third-order valence-electron chi connectivity index (χ3n) is 5.32. The molecular weight excluding hydrogens is 420 g/mol. The number of carbonyl (C=O) groups excluding carboxylic acids is 2. The maximum absolute atomic E-state index is 13.7. The third kappa shape index (κ3) is 3.70. The summed E-state index contributed by atoms with van der Waals surface area (Å²) in [5, 5.41) is 0. The van der Waals surface area contributed by atoms with Crippen LogP contribution in [0.25, 0.3) is 0 Å². The van der Waals surface area contributed by atoms with E-state index < -0.39 is 28.4 Å². The number of hydrogen-bond acceptors (Lipinski definition) is 4. The van der Waals surface area contributed by atoms with Crippen LogP contribution in [0.2, 0.25) is 0 Å². The highest BCUT2D eigenvalue weighted by Gasteiger charge is 2.56. The Morgan fingerprint density at radius 1 is 0.968 bits per heavy atom. The fraction of sp³-hybridized carbons (Fsp3) is 0.167. The van der Waals surface area contributed by atoms with Crippen molar-refractivity contribution in [2.45, 2.75) is 10.8 Å². The fourth-order valence-electron chi connectivity index (χ4n) is 3.94. The molecule has 1 saturated heterocycles. The molecule has 1 aliphatic heterocycles. The lowest BCUT2D eigenvalue weighted by Gasteiger charge is -2.47. The van der Waals surface area contributed by atoms with Gasteiger partial charge in [-0.3, -0.25) is 9.59 Å². The first-order valence-electron chi connectivity index (χ1n) is 9.58. The molecule has 1 fully saturated rings. The first-order chi connectivity index (χ1) is 15.0. The van der Waals surface area contributed by atoms with E-state index in [1.807, 2.05) is 6.07 Å². The number of benzene rings is 3. The first-order valence-corrected chi connectivity index (χ1v) is 10.6. The van der Waals surface area contributed by atoms with Gasteiger partial charge in [-0.05, 0) is 47.5 Å². The molecule has 4 nitrogen and oxygen atoms in total. The van der Waals surface area contributed by atoms with Gasteiger partial charge in [0.15, 0.2) is 4.75 Å². The van der Waals surface area contributed by atoms with Gasteiger partial charge in [0.25, 0.3) is 0 Å². The lowest BCUT2D eigenvalue weighted by Crippen LogP contribution is -2.55. The number of amides is 1. The van der Waals surface area contributed by atoms with E-state index in [4.69, 9.17) is 4.74 Å². The molecule has 0 spiro atoms. The third-order valence-corrected chi connectivity index (χ3v) is 6.79. The van der Waals surface area contributed by atoms with E-state index in [0.29, 0.717) is 16.8 Å². The molecular formula is C24H19F2NO3S. The van der Waals surface area contributed by atoms with Crippen LogP contribution in [0.3, 0.4) is 0 Å². The highest BCUT2D eigenvalue weighted by atomic mass is 32.2. The molecule has 158 valence electrons. The maximum atomic E-state index is 13.7. The molecule has 7 heteroatoms. The van der Waals surface area contributed by atoms with Crippen LogP contribution < -0.4 is 4.90 Å². The number of nitrogens with zero attached hydrogens (tertiary/aromatic N) is 1. The van der Waals surface area contributed by atoms with Crippen LogP contribution >= 0.6 is 11.8 Å². The summed E-state index contributed by atoms with van der Waals surface area (Å²) in [6, 6.07) is 19.4. The van der Waals surface area contributed by atoms with Gasteiger partial charge in [0.1, 0.15) is 11.6 Å². The van der Waals surface area contributed by atoms with Crippen molar-refractivity contribution < 1.29 is 23.1 Å². The van der Waals surface area contributed by atoms with E-state index in [0.717, 1.165) is 0 Å². The molecule has 1 amide bonds. The molecule has 4 rings (SSSR count). The SMILES string of the molecule is COC(=O)[C@]1(c2ccccc2)SCC(=O)N(c2ccc(F)cc2)[C@@H]1c1ccc(F)cc1. The number of methoxy groups -OCH3 is 1. The monoisotopic (exact) mass is 439 g/mol. The molecule has 1 aliphatic rings. The second-order valence-corrected chi connectivity index (χ2v) is 8.30. The molecule has 0 N–H and O–H groups in total. The minimum absolute atomic E-state index is 0.0130. The number of thioether (sulfide) groups is 1. The Bertz CT molecular complexity index is 1090. The number of hydrogen-bond donors (Lipinski definition) is 0. The molecule has 0 saturated carbocycles. The second kappa shape index (κ2) is 8.51. The fourth-order valence-corrected chi connectivity index (χ4v) is 5.33. The van der Waals surface area contributed by atoms with Crippen LogP contribution in [0.4, 0.5) is 14.5 Å². The smallest absolute Gasteiger partial charge is 0.329 e. The summed E-state index contributed by atoms with van der Waals surface area (Å²) < 4.78 is 31.2. The van der Waals surface area contributed by atoms with E-state index in [9.17, 15) is 18.4 Å². The standard InChI is InChI=1S/C24H19F2NO3S/c1-30-23(29)24(17-5-3-2-4-6-17)22(16-7-9-18(25)10-8-16)27(21(28)15-31-24)20-13-11-19(26)12-14-20/h2-14,22H,15H2,1H3/t22-,24-/m1/s1. The Kier molecular flexibility index (Phi) is 5.78. The number of anilines is 1. The summed E-state index contributed by atoms with van der Waals surface area (Å²) in [7, 11) is 1.30.